The number of pyridine rings is 2. The van der Waals surface area contributed by atoms with Gasteiger partial charge in [0.2, 0.25) is 0 Å². The second-order valence-electron chi connectivity index (χ2n) is 7.11. The number of halogens is 3. The first-order chi connectivity index (χ1) is 14.0. The van der Waals surface area contributed by atoms with Crippen molar-refractivity contribution in [1.82, 2.24) is 15.3 Å². The topological polar surface area (TPSA) is 49.8 Å². The first kappa shape index (κ1) is 19.4. The monoisotopic (exact) mass is 398 g/mol. The Labute approximate surface area is 167 Å². The Morgan fingerprint density at radius 2 is 1.72 bits per heavy atom. The van der Waals surface area contributed by atoms with Gasteiger partial charge in [0, 0.05) is 11.8 Å². The molecule has 1 aliphatic rings. The lowest BCUT2D eigenvalue weighted by atomic mass is 9.89. The molecule has 7 heteroatoms. The third-order valence-corrected chi connectivity index (χ3v) is 5.09. The van der Waals surface area contributed by atoms with Gasteiger partial charge in [-0.2, -0.15) is 13.2 Å². The van der Waals surface area contributed by atoms with Crippen molar-refractivity contribution in [3.05, 3.63) is 71.9 Å². The summed E-state index contributed by atoms with van der Waals surface area (Å²) in [5.74, 6) is 1.08. The number of benzene rings is 1. The van der Waals surface area contributed by atoms with Gasteiger partial charge in [-0.05, 0) is 67.7 Å². The summed E-state index contributed by atoms with van der Waals surface area (Å²) in [4.78, 5) is 8.54. The first-order valence-corrected chi connectivity index (χ1v) is 9.57. The Morgan fingerprint density at radius 3 is 2.52 bits per heavy atom. The minimum atomic E-state index is -4.41. The van der Waals surface area contributed by atoms with Crippen molar-refractivity contribution >= 4 is 11.6 Å². The third-order valence-electron chi connectivity index (χ3n) is 5.09. The van der Waals surface area contributed by atoms with Crippen LogP contribution in [0.15, 0.2) is 60.8 Å². The highest BCUT2D eigenvalue weighted by Crippen LogP contribution is 2.31. The van der Waals surface area contributed by atoms with Crippen LogP contribution < -0.4 is 10.6 Å². The van der Waals surface area contributed by atoms with E-state index in [1.165, 1.54) is 5.56 Å². The fourth-order valence-corrected chi connectivity index (χ4v) is 3.58. The van der Waals surface area contributed by atoms with Crippen LogP contribution in [0.2, 0.25) is 0 Å². The molecule has 150 valence electrons. The number of aromatic nitrogens is 2. The average molecular weight is 398 g/mol. The van der Waals surface area contributed by atoms with E-state index in [9.17, 15) is 13.2 Å². The van der Waals surface area contributed by atoms with Gasteiger partial charge in [-0.3, -0.25) is 0 Å². The van der Waals surface area contributed by atoms with Gasteiger partial charge in [0.1, 0.15) is 11.6 Å². The maximum absolute atomic E-state index is 12.9. The molecule has 0 radical (unpaired) electrons. The zero-order valence-corrected chi connectivity index (χ0v) is 15.7. The van der Waals surface area contributed by atoms with E-state index in [-0.39, 0.29) is 5.82 Å². The Morgan fingerprint density at radius 1 is 0.931 bits per heavy atom. The maximum atomic E-state index is 12.9. The van der Waals surface area contributed by atoms with Crippen molar-refractivity contribution in [3.63, 3.8) is 0 Å². The lowest BCUT2D eigenvalue weighted by molar-refractivity contribution is -0.137. The quantitative estimate of drug-likeness (QED) is 0.620. The molecular formula is C22H21F3N4. The van der Waals surface area contributed by atoms with Crippen molar-refractivity contribution in [3.8, 4) is 11.3 Å². The second-order valence-corrected chi connectivity index (χ2v) is 7.11. The summed E-state index contributed by atoms with van der Waals surface area (Å²) < 4.78 is 38.7. The summed E-state index contributed by atoms with van der Waals surface area (Å²) in [5, 5.41) is 6.25. The van der Waals surface area contributed by atoms with Gasteiger partial charge in [0.05, 0.1) is 11.3 Å². The highest BCUT2D eigenvalue weighted by Gasteiger charge is 2.30. The van der Waals surface area contributed by atoms with Gasteiger partial charge in [-0.15, -0.1) is 0 Å². The summed E-state index contributed by atoms with van der Waals surface area (Å²) in [5.41, 5.74) is 2.30. The van der Waals surface area contributed by atoms with E-state index in [1.807, 2.05) is 24.3 Å². The Hall–Kier alpha value is -2.93. The molecule has 29 heavy (non-hydrogen) atoms. The predicted molar refractivity (Wildman–Crippen MR) is 107 cm³/mol. The molecule has 1 saturated heterocycles. The SMILES string of the molecule is FC(F)(F)c1ccnc(Nc2cccc(-c3cccc(C4CCNCC4)c3)n2)c1. The summed E-state index contributed by atoms with van der Waals surface area (Å²) in [6.45, 7) is 2.05. The summed E-state index contributed by atoms with van der Waals surface area (Å²) in [7, 11) is 0. The lowest BCUT2D eigenvalue weighted by Crippen LogP contribution is -2.26. The van der Waals surface area contributed by atoms with Crippen LogP contribution in [0.4, 0.5) is 24.8 Å². The number of nitrogens with one attached hydrogen (secondary N) is 2. The summed E-state index contributed by atoms with van der Waals surface area (Å²) in [6, 6.07) is 15.7. The number of anilines is 2. The molecule has 2 aromatic heterocycles. The molecule has 3 heterocycles. The fourth-order valence-electron chi connectivity index (χ4n) is 3.58. The third kappa shape index (κ3) is 4.74. The van der Waals surface area contributed by atoms with E-state index >= 15 is 0 Å². The number of piperidine rings is 1. The first-order valence-electron chi connectivity index (χ1n) is 9.57. The molecule has 1 fully saturated rings. The molecule has 0 atom stereocenters. The van der Waals surface area contributed by atoms with Gasteiger partial charge in [0.25, 0.3) is 0 Å². The summed E-state index contributed by atoms with van der Waals surface area (Å²) in [6.07, 6.45) is -1.05. The van der Waals surface area contributed by atoms with Crippen molar-refractivity contribution < 1.29 is 13.2 Å². The van der Waals surface area contributed by atoms with Crippen LogP contribution in [0, 0.1) is 0 Å². The average Bonchev–Trinajstić information content (AvgIpc) is 2.74. The van der Waals surface area contributed by atoms with E-state index < -0.39 is 11.7 Å². The van der Waals surface area contributed by atoms with E-state index in [4.69, 9.17) is 0 Å². The number of alkyl halides is 3. The van der Waals surface area contributed by atoms with Crippen molar-refractivity contribution in [2.75, 3.05) is 18.4 Å². The van der Waals surface area contributed by atoms with Gasteiger partial charge in [-0.25, -0.2) is 9.97 Å². The van der Waals surface area contributed by atoms with Gasteiger partial charge in [0.15, 0.2) is 0 Å². The molecule has 2 N–H and O–H groups in total. The normalized spacial score (nSPS) is 15.3. The van der Waals surface area contributed by atoms with E-state index in [1.54, 1.807) is 6.07 Å². The number of nitrogens with zero attached hydrogens (tertiary/aromatic N) is 2. The van der Waals surface area contributed by atoms with Crippen LogP contribution in [-0.2, 0) is 6.18 Å². The smallest absolute Gasteiger partial charge is 0.325 e. The molecule has 1 aromatic carbocycles. The molecule has 0 unspecified atom stereocenters. The van der Waals surface area contributed by atoms with Crippen molar-refractivity contribution in [2.24, 2.45) is 0 Å². The number of hydrogen-bond acceptors (Lipinski definition) is 4. The van der Waals surface area contributed by atoms with E-state index in [2.05, 4.69) is 32.7 Å². The standard InChI is InChI=1S/C22H21F3N4/c23-22(24,25)18-9-12-27-21(14-18)29-20-6-2-5-19(28-20)17-4-1-3-16(13-17)15-7-10-26-11-8-15/h1-6,9,12-15,26H,7-8,10-11H2,(H,27,28,29). The molecule has 0 bridgehead atoms. The van der Waals surface area contributed by atoms with Crippen LogP contribution in [0.25, 0.3) is 11.3 Å². The van der Waals surface area contributed by atoms with Crippen LogP contribution in [0.1, 0.15) is 29.9 Å². The Bertz CT molecular complexity index is 982. The van der Waals surface area contributed by atoms with E-state index in [0.717, 1.165) is 55.5 Å². The lowest BCUT2D eigenvalue weighted by Gasteiger charge is -2.23. The fraction of sp³-hybridized carbons (Fsp3) is 0.273. The number of hydrogen-bond donors (Lipinski definition) is 2. The Balaban J connectivity index is 1.56. The molecule has 4 nitrogen and oxygen atoms in total. The van der Waals surface area contributed by atoms with Crippen LogP contribution >= 0.6 is 0 Å². The molecule has 3 aromatic rings. The zero-order chi connectivity index (χ0) is 20.3. The van der Waals surface area contributed by atoms with Crippen molar-refractivity contribution in [2.45, 2.75) is 24.9 Å². The highest BCUT2D eigenvalue weighted by molar-refractivity contribution is 5.64. The molecule has 0 amide bonds. The molecule has 0 spiro atoms. The van der Waals surface area contributed by atoms with Crippen LogP contribution in [0.3, 0.4) is 0 Å². The molecule has 4 rings (SSSR count). The molecule has 0 aliphatic carbocycles. The van der Waals surface area contributed by atoms with Crippen LogP contribution in [-0.4, -0.2) is 23.1 Å². The maximum Gasteiger partial charge on any atom is 0.416 e. The summed E-state index contributed by atoms with van der Waals surface area (Å²) >= 11 is 0. The molecular weight excluding hydrogens is 377 g/mol. The predicted octanol–water partition coefficient (Wildman–Crippen LogP) is 5.37. The Kier molecular flexibility index (Phi) is 5.49. The van der Waals surface area contributed by atoms with Gasteiger partial charge < -0.3 is 10.6 Å². The largest absolute Gasteiger partial charge is 0.416 e. The highest BCUT2D eigenvalue weighted by atomic mass is 19.4. The van der Waals surface area contributed by atoms with Gasteiger partial charge in [-0.1, -0.05) is 24.3 Å². The van der Waals surface area contributed by atoms with E-state index in [0.29, 0.717) is 11.7 Å². The minimum Gasteiger partial charge on any atom is -0.325 e. The zero-order valence-electron chi connectivity index (χ0n) is 15.7. The van der Waals surface area contributed by atoms with Crippen molar-refractivity contribution in [1.29, 1.82) is 0 Å². The molecule has 1 aliphatic heterocycles. The van der Waals surface area contributed by atoms with Gasteiger partial charge >= 0.3 is 6.18 Å². The number of rotatable bonds is 4. The molecule has 0 saturated carbocycles. The second kappa shape index (κ2) is 8.21. The van der Waals surface area contributed by atoms with Crippen LogP contribution in [0.5, 0.6) is 0 Å². The minimum absolute atomic E-state index is 0.105.